The molecule has 4 heteroatoms. The number of aromatic nitrogens is 2. The first-order valence-electron chi connectivity index (χ1n) is 3.74. The van der Waals surface area contributed by atoms with Crippen LogP contribution in [0.2, 0.25) is 0 Å². The molecule has 1 aromatic rings. The fourth-order valence-electron chi connectivity index (χ4n) is 0.945. The van der Waals surface area contributed by atoms with Crippen LogP contribution in [0.3, 0.4) is 0 Å². The number of nitrogens with one attached hydrogen (secondary N) is 2. The Morgan fingerprint density at radius 3 is 2.64 bits per heavy atom. The molecule has 3 N–H and O–H groups in total. The molecule has 1 rings (SSSR count). The molecule has 0 aromatic carbocycles. The SMILES string of the molecule is CCCCc1[nH]c(=O)[nH]c1O. The topological polar surface area (TPSA) is 68.9 Å². The molecule has 0 aliphatic carbocycles. The van der Waals surface area contributed by atoms with Gasteiger partial charge in [0, 0.05) is 0 Å². The number of H-pyrrole nitrogens is 2. The van der Waals surface area contributed by atoms with Gasteiger partial charge in [0.25, 0.3) is 0 Å². The predicted octanol–water partition coefficient (Wildman–Crippen LogP) is 0.751. The maximum absolute atomic E-state index is 10.6. The molecule has 0 saturated carbocycles. The van der Waals surface area contributed by atoms with Gasteiger partial charge in [-0.1, -0.05) is 13.3 Å². The standard InChI is InChI=1S/C7H12N2O2/c1-2-3-4-5-6(10)9-7(11)8-5/h10H,2-4H2,1H3,(H2,8,9,11). The number of aromatic amines is 2. The highest BCUT2D eigenvalue weighted by atomic mass is 16.3. The molecule has 0 radical (unpaired) electrons. The van der Waals surface area contributed by atoms with Crippen LogP contribution in [0.1, 0.15) is 25.5 Å². The van der Waals surface area contributed by atoms with Crippen molar-refractivity contribution in [2.24, 2.45) is 0 Å². The first-order valence-corrected chi connectivity index (χ1v) is 3.74. The minimum absolute atomic E-state index is 0.0246. The fourth-order valence-corrected chi connectivity index (χ4v) is 0.945. The van der Waals surface area contributed by atoms with E-state index in [0.29, 0.717) is 5.69 Å². The summed E-state index contributed by atoms with van der Waals surface area (Å²) in [6.07, 6.45) is 2.75. The van der Waals surface area contributed by atoms with Crippen molar-refractivity contribution < 1.29 is 5.11 Å². The van der Waals surface area contributed by atoms with E-state index in [1.54, 1.807) is 0 Å². The Kier molecular flexibility index (Phi) is 2.36. The van der Waals surface area contributed by atoms with Gasteiger partial charge in [-0.25, -0.2) is 4.79 Å². The average molecular weight is 156 g/mol. The highest BCUT2D eigenvalue weighted by Crippen LogP contribution is 2.10. The molecule has 1 heterocycles. The first-order chi connectivity index (χ1) is 5.24. The zero-order valence-electron chi connectivity index (χ0n) is 6.48. The van der Waals surface area contributed by atoms with Crippen LogP contribution < -0.4 is 5.69 Å². The van der Waals surface area contributed by atoms with Crippen molar-refractivity contribution in [2.75, 3.05) is 0 Å². The van der Waals surface area contributed by atoms with E-state index in [-0.39, 0.29) is 11.6 Å². The summed E-state index contributed by atoms with van der Waals surface area (Å²) in [6.45, 7) is 2.06. The molecule has 0 saturated heterocycles. The monoisotopic (exact) mass is 156 g/mol. The lowest BCUT2D eigenvalue weighted by atomic mass is 10.2. The minimum atomic E-state index is -0.339. The average Bonchev–Trinajstić information content (AvgIpc) is 2.26. The molecule has 62 valence electrons. The number of imidazole rings is 1. The van der Waals surface area contributed by atoms with Crippen LogP contribution >= 0.6 is 0 Å². The van der Waals surface area contributed by atoms with Crippen molar-refractivity contribution in [1.82, 2.24) is 9.97 Å². The highest BCUT2D eigenvalue weighted by molar-refractivity contribution is 5.15. The predicted molar refractivity (Wildman–Crippen MR) is 41.7 cm³/mol. The summed E-state index contributed by atoms with van der Waals surface area (Å²) in [6, 6.07) is 0. The van der Waals surface area contributed by atoms with Crippen LogP contribution in [0.4, 0.5) is 0 Å². The Labute approximate surface area is 64.3 Å². The van der Waals surface area contributed by atoms with Crippen LogP contribution in [0.15, 0.2) is 4.79 Å². The first kappa shape index (κ1) is 7.91. The van der Waals surface area contributed by atoms with E-state index in [9.17, 15) is 4.79 Å². The third kappa shape index (κ3) is 1.86. The molecular formula is C7H12N2O2. The van der Waals surface area contributed by atoms with E-state index < -0.39 is 0 Å². The van der Waals surface area contributed by atoms with Crippen molar-refractivity contribution in [2.45, 2.75) is 26.2 Å². The van der Waals surface area contributed by atoms with Crippen molar-refractivity contribution in [3.63, 3.8) is 0 Å². The van der Waals surface area contributed by atoms with Gasteiger partial charge in [-0.3, -0.25) is 4.98 Å². The van der Waals surface area contributed by atoms with Crippen molar-refractivity contribution >= 4 is 0 Å². The molecule has 0 fully saturated rings. The van der Waals surface area contributed by atoms with Gasteiger partial charge in [0.05, 0.1) is 5.69 Å². The molecule has 0 aliphatic heterocycles. The molecule has 11 heavy (non-hydrogen) atoms. The lowest BCUT2D eigenvalue weighted by molar-refractivity contribution is 0.447. The largest absolute Gasteiger partial charge is 0.493 e. The molecule has 1 aromatic heterocycles. The number of aryl methyl sites for hydroxylation is 1. The molecular weight excluding hydrogens is 144 g/mol. The van der Waals surface area contributed by atoms with E-state index in [4.69, 9.17) is 5.11 Å². The van der Waals surface area contributed by atoms with E-state index in [1.807, 2.05) is 0 Å². The van der Waals surface area contributed by atoms with Gasteiger partial charge < -0.3 is 10.1 Å². The van der Waals surface area contributed by atoms with Crippen LogP contribution in [0, 0.1) is 0 Å². The normalized spacial score (nSPS) is 10.3. The second-order valence-corrected chi connectivity index (χ2v) is 2.51. The minimum Gasteiger partial charge on any atom is -0.493 e. The Bertz CT molecular complexity index is 274. The number of aromatic hydroxyl groups is 1. The molecule has 0 unspecified atom stereocenters. The van der Waals surface area contributed by atoms with Crippen molar-refractivity contribution in [3.05, 3.63) is 16.2 Å². The number of hydrogen-bond acceptors (Lipinski definition) is 2. The molecule has 0 aliphatic rings. The zero-order chi connectivity index (χ0) is 8.27. The molecule has 4 nitrogen and oxygen atoms in total. The zero-order valence-corrected chi connectivity index (χ0v) is 6.48. The molecule has 0 spiro atoms. The third-order valence-electron chi connectivity index (χ3n) is 1.56. The fraction of sp³-hybridized carbons (Fsp3) is 0.571. The van der Waals surface area contributed by atoms with E-state index >= 15 is 0 Å². The Hall–Kier alpha value is -1.19. The van der Waals surface area contributed by atoms with Gasteiger partial charge in [-0.05, 0) is 12.8 Å². The van der Waals surface area contributed by atoms with E-state index in [1.165, 1.54) is 0 Å². The summed E-state index contributed by atoms with van der Waals surface area (Å²) in [5, 5.41) is 9.07. The van der Waals surface area contributed by atoms with Crippen LogP contribution in [-0.2, 0) is 6.42 Å². The van der Waals surface area contributed by atoms with Gasteiger partial charge in [-0.2, -0.15) is 0 Å². The smallest absolute Gasteiger partial charge is 0.325 e. The van der Waals surface area contributed by atoms with Gasteiger partial charge in [-0.15, -0.1) is 0 Å². The van der Waals surface area contributed by atoms with Gasteiger partial charge >= 0.3 is 5.69 Å². The Balaban J connectivity index is 2.69. The lowest BCUT2D eigenvalue weighted by Crippen LogP contribution is -2.00. The van der Waals surface area contributed by atoms with Gasteiger partial charge in [0.2, 0.25) is 5.88 Å². The van der Waals surface area contributed by atoms with E-state index in [2.05, 4.69) is 16.9 Å². The second-order valence-electron chi connectivity index (χ2n) is 2.51. The maximum atomic E-state index is 10.6. The molecule has 0 atom stereocenters. The Morgan fingerprint density at radius 2 is 2.18 bits per heavy atom. The molecule has 0 amide bonds. The van der Waals surface area contributed by atoms with Gasteiger partial charge in [0.15, 0.2) is 0 Å². The van der Waals surface area contributed by atoms with Crippen LogP contribution in [-0.4, -0.2) is 15.1 Å². The Morgan fingerprint density at radius 1 is 1.45 bits per heavy atom. The van der Waals surface area contributed by atoms with Crippen LogP contribution in [0.5, 0.6) is 5.88 Å². The maximum Gasteiger partial charge on any atom is 0.325 e. The van der Waals surface area contributed by atoms with Crippen molar-refractivity contribution in [3.8, 4) is 5.88 Å². The van der Waals surface area contributed by atoms with Crippen molar-refractivity contribution in [1.29, 1.82) is 0 Å². The summed E-state index contributed by atoms with van der Waals surface area (Å²) in [5.41, 5.74) is 0.269. The number of hydrogen-bond donors (Lipinski definition) is 3. The second kappa shape index (κ2) is 3.27. The van der Waals surface area contributed by atoms with Gasteiger partial charge in [0.1, 0.15) is 0 Å². The summed E-state index contributed by atoms with van der Waals surface area (Å²) in [7, 11) is 0. The quantitative estimate of drug-likeness (QED) is 0.604. The summed E-state index contributed by atoms with van der Waals surface area (Å²) in [5.74, 6) is -0.0246. The molecule has 0 bridgehead atoms. The summed E-state index contributed by atoms with van der Waals surface area (Å²) < 4.78 is 0. The van der Waals surface area contributed by atoms with E-state index in [0.717, 1.165) is 19.3 Å². The third-order valence-corrected chi connectivity index (χ3v) is 1.56. The van der Waals surface area contributed by atoms with Crippen LogP contribution in [0.25, 0.3) is 0 Å². The summed E-state index contributed by atoms with van der Waals surface area (Å²) in [4.78, 5) is 15.4. The highest BCUT2D eigenvalue weighted by Gasteiger charge is 2.02. The number of unbranched alkanes of at least 4 members (excludes halogenated alkanes) is 1. The summed E-state index contributed by atoms with van der Waals surface area (Å²) >= 11 is 0. The lowest BCUT2D eigenvalue weighted by Gasteiger charge is -1.93. The number of rotatable bonds is 3.